The lowest BCUT2D eigenvalue weighted by Gasteiger charge is -2.11. The third kappa shape index (κ3) is 1.70. The number of imidazole rings is 1. The largest absolute Gasteiger partial charge is 0.334 e. The Hall–Kier alpha value is -1.38. The minimum Gasteiger partial charge on any atom is -0.334 e. The lowest BCUT2D eigenvalue weighted by molar-refractivity contribution is 0.771. The standard InChI is InChI=1S/C13H19N3/c1-8(2)10-6-11-13(14-7-16(11)5)12(15-10)9(3)4/h6-9H,1-5H3. The van der Waals surface area contributed by atoms with E-state index in [2.05, 4.69) is 43.3 Å². The molecule has 0 fully saturated rings. The van der Waals surface area contributed by atoms with Crippen molar-refractivity contribution < 1.29 is 0 Å². The van der Waals surface area contributed by atoms with Crippen LogP contribution in [-0.2, 0) is 7.05 Å². The number of fused-ring (bicyclic) bond motifs is 1. The van der Waals surface area contributed by atoms with Gasteiger partial charge in [-0.2, -0.15) is 0 Å². The third-order valence-electron chi connectivity index (χ3n) is 2.90. The summed E-state index contributed by atoms with van der Waals surface area (Å²) >= 11 is 0. The molecule has 0 N–H and O–H groups in total. The first-order valence-corrected chi connectivity index (χ1v) is 5.82. The molecule has 0 unspecified atom stereocenters. The number of hydrogen-bond acceptors (Lipinski definition) is 2. The van der Waals surface area contributed by atoms with Crippen LogP contribution in [0.25, 0.3) is 11.0 Å². The monoisotopic (exact) mass is 217 g/mol. The average molecular weight is 217 g/mol. The molecule has 0 atom stereocenters. The summed E-state index contributed by atoms with van der Waals surface area (Å²) in [5, 5.41) is 0. The van der Waals surface area contributed by atoms with E-state index in [0.717, 1.165) is 16.9 Å². The lowest BCUT2D eigenvalue weighted by atomic mass is 10.0. The minimum atomic E-state index is 0.413. The van der Waals surface area contributed by atoms with Crippen LogP contribution < -0.4 is 0 Å². The van der Waals surface area contributed by atoms with Gasteiger partial charge < -0.3 is 4.57 Å². The lowest BCUT2D eigenvalue weighted by Crippen LogP contribution is -2.01. The summed E-state index contributed by atoms with van der Waals surface area (Å²) < 4.78 is 2.06. The normalized spacial score (nSPS) is 11.9. The highest BCUT2D eigenvalue weighted by atomic mass is 15.0. The number of rotatable bonds is 2. The number of aryl methyl sites for hydroxylation is 1. The molecule has 3 heteroatoms. The van der Waals surface area contributed by atoms with E-state index >= 15 is 0 Å². The molecule has 2 heterocycles. The number of aromatic nitrogens is 3. The molecule has 2 aromatic rings. The van der Waals surface area contributed by atoms with E-state index < -0.39 is 0 Å². The van der Waals surface area contributed by atoms with Crippen LogP contribution in [0.2, 0.25) is 0 Å². The van der Waals surface area contributed by atoms with Gasteiger partial charge in [0.2, 0.25) is 0 Å². The van der Waals surface area contributed by atoms with Gasteiger partial charge in [0.25, 0.3) is 0 Å². The highest BCUT2D eigenvalue weighted by Crippen LogP contribution is 2.25. The number of nitrogens with zero attached hydrogens (tertiary/aromatic N) is 3. The van der Waals surface area contributed by atoms with Crippen molar-refractivity contribution >= 4 is 11.0 Å². The highest BCUT2D eigenvalue weighted by molar-refractivity contribution is 5.78. The molecule has 3 nitrogen and oxygen atoms in total. The SMILES string of the molecule is CC(C)c1cc2c(ncn2C)c(C(C)C)n1. The molecule has 0 bridgehead atoms. The molecular formula is C13H19N3. The van der Waals surface area contributed by atoms with Crippen LogP contribution in [0.15, 0.2) is 12.4 Å². The Bertz CT molecular complexity index is 509. The Kier molecular flexibility index (Phi) is 2.70. The van der Waals surface area contributed by atoms with Crippen molar-refractivity contribution in [1.82, 2.24) is 14.5 Å². The van der Waals surface area contributed by atoms with Crippen LogP contribution in [-0.4, -0.2) is 14.5 Å². The Balaban J connectivity index is 2.75. The molecule has 0 radical (unpaired) electrons. The molecule has 16 heavy (non-hydrogen) atoms. The molecule has 0 amide bonds. The van der Waals surface area contributed by atoms with E-state index in [1.165, 1.54) is 5.52 Å². The number of pyridine rings is 1. The summed E-state index contributed by atoms with van der Waals surface area (Å²) in [5.41, 5.74) is 4.49. The van der Waals surface area contributed by atoms with E-state index in [9.17, 15) is 0 Å². The quantitative estimate of drug-likeness (QED) is 0.773. The summed E-state index contributed by atoms with van der Waals surface area (Å²) in [5.74, 6) is 0.868. The van der Waals surface area contributed by atoms with Crippen molar-refractivity contribution in [2.45, 2.75) is 39.5 Å². The van der Waals surface area contributed by atoms with Crippen molar-refractivity contribution in [3.8, 4) is 0 Å². The second kappa shape index (κ2) is 3.89. The third-order valence-corrected chi connectivity index (χ3v) is 2.90. The zero-order valence-electron chi connectivity index (χ0n) is 10.7. The van der Waals surface area contributed by atoms with Crippen molar-refractivity contribution in [2.24, 2.45) is 7.05 Å². The zero-order chi connectivity index (χ0) is 11.9. The minimum absolute atomic E-state index is 0.413. The van der Waals surface area contributed by atoms with Crippen molar-refractivity contribution in [2.75, 3.05) is 0 Å². The molecule has 0 aliphatic rings. The summed E-state index contributed by atoms with van der Waals surface area (Å²) in [6, 6.07) is 2.15. The maximum Gasteiger partial charge on any atom is 0.110 e. The maximum atomic E-state index is 4.74. The van der Waals surface area contributed by atoms with Crippen LogP contribution >= 0.6 is 0 Å². The second-order valence-electron chi connectivity index (χ2n) is 4.96. The van der Waals surface area contributed by atoms with Gasteiger partial charge in [0.1, 0.15) is 5.52 Å². The first-order chi connectivity index (χ1) is 7.50. The van der Waals surface area contributed by atoms with Crippen molar-refractivity contribution in [3.63, 3.8) is 0 Å². The smallest absolute Gasteiger partial charge is 0.110 e. The van der Waals surface area contributed by atoms with Crippen LogP contribution in [0, 0.1) is 0 Å². The van der Waals surface area contributed by atoms with Gasteiger partial charge in [0.15, 0.2) is 0 Å². The molecule has 0 aliphatic heterocycles. The molecule has 0 aromatic carbocycles. The van der Waals surface area contributed by atoms with E-state index in [4.69, 9.17) is 4.98 Å². The van der Waals surface area contributed by atoms with Gasteiger partial charge in [0, 0.05) is 12.7 Å². The second-order valence-corrected chi connectivity index (χ2v) is 4.96. The molecule has 2 aromatic heterocycles. The summed E-state index contributed by atoms with van der Waals surface area (Å²) in [4.78, 5) is 9.18. The average Bonchev–Trinajstić information content (AvgIpc) is 2.59. The van der Waals surface area contributed by atoms with Crippen molar-refractivity contribution in [3.05, 3.63) is 23.8 Å². The Morgan fingerprint density at radius 2 is 1.81 bits per heavy atom. The predicted molar refractivity (Wildman–Crippen MR) is 66.7 cm³/mol. The molecule has 0 saturated heterocycles. The highest BCUT2D eigenvalue weighted by Gasteiger charge is 2.14. The van der Waals surface area contributed by atoms with Crippen molar-refractivity contribution in [1.29, 1.82) is 0 Å². The zero-order valence-corrected chi connectivity index (χ0v) is 10.7. The van der Waals surface area contributed by atoms with E-state index in [1.807, 2.05) is 13.4 Å². The van der Waals surface area contributed by atoms with E-state index in [1.54, 1.807) is 0 Å². The van der Waals surface area contributed by atoms with Crippen LogP contribution in [0.1, 0.15) is 50.9 Å². The Labute approximate surface area is 96.5 Å². The van der Waals surface area contributed by atoms with Gasteiger partial charge in [-0.3, -0.25) is 4.98 Å². The molecule has 2 rings (SSSR count). The van der Waals surface area contributed by atoms with Gasteiger partial charge in [0.05, 0.1) is 17.5 Å². The Morgan fingerprint density at radius 1 is 1.12 bits per heavy atom. The molecule has 86 valence electrons. The van der Waals surface area contributed by atoms with E-state index in [0.29, 0.717) is 11.8 Å². The fourth-order valence-electron chi connectivity index (χ4n) is 1.87. The number of hydrogen-bond donors (Lipinski definition) is 0. The molecule has 0 spiro atoms. The van der Waals surface area contributed by atoms with Gasteiger partial charge in [-0.05, 0) is 17.9 Å². The van der Waals surface area contributed by atoms with Gasteiger partial charge in [-0.25, -0.2) is 4.98 Å². The summed E-state index contributed by atoms with van der Waals surface area (Å²) in [6.07, 6.45) is 1.86. The predicted octanol–water partition coefficient (Wildman–Crippen LogP) is 3.22. The topological polar surface area (TPSA) is 30.7 Å². The van der Waals surface area contributed by atoms with Gasteiger partial charge >= 0.3 is 0 Å². The Morgan fingerprint density at radius 3 is 2.38 bits per heavy atom. The maximum absolute atomic E-state index is 4.74. The fourth-order valence-corrected chi connectivity index (χ4v) is 1.87. The summed E-state index contributed by atoms with van der Waals surface area (Å²) in [6.45, 7) is 8.68. The molecule has 0 saturated carbocycles. The summed E-state index contributed by atoms with van der Waals surface area (Å²) in [7, 11) is 2.03. The van der Waals surface area contributed by atoms with Crippen LogP contribution in [0.4, 0.5) is 0 Å². The first kappa shape index (κ1) is 11.1. The van der Waals surface area contributed by atoms with Crippen LogP contribution in [0.5, 0.6) is 0 Å². The van der Waals surface area contributed by atoms with Gasteiger partial charge in [-0.15, -0.1) is 0 Å². The van der Waals surface area contributed by atoms with Crippen LogP contribution in [0.3, 0.4) is 0 Å². The van der Waals surface area contributed by atoms with Gasteiger partial charge in [-0.1, -0.05) is 27.7 Å². The molecular weight excluding hydrogens is 198 g/mol. The van der Waals surface area contributed by atoms with E-state index in [-0.39, 0.29) is 0 Å². The fraction of sp³-hybridized carbons (Fsp3) is 0.538. The first-order valence-electron chi connectivity index (χ1n) is 5.82. The molecule has 0 aliphatic carbocycles.